The van der Waals surface area contributed by atoms with Crippen molar-refractivity contribution in [3.05, 3.63) is 29.8 Å². The van der Waals surface area contributed by atoms with E-state index >= 15 is 0 Å². The molecule has 1 aromatic rings. The van der Waals surface area contributed by atoms with E-state index in [1.807, 2.05) is 0 Å². The van der Waals surface area contributed by atoms with Crippen LogP contribution in [-0.2, 0) is 14.3 Å². The van der Waals surface area contributed by atoms with Crippen LogP contribution in [0.4, 0.5) is 18.0 Å². The van der Waals surface area contributed by atoms with Gasteiger partial charge in [0.2, 0.25) is 0 Å². The molecule has 0 bridgehead atoms. The first-order chi connectivity index (χ1) is 13.1. The van der Waals surface area contributed by atoms with Gasteiger partial charge in [-0.05, 0) is 19.1 Å². The van der Waals surface area contributed by atoms with Gasteiger partial charge in [-0.25, -0.2) is 4.79 Å². The molecule has 12 heteroatoms. The van der Waals surface area contributed by atoms with Crippen LogP contribution in [0, 0.1) is 0 Å². The molecule has 0 saturated heterocycles. The van der Waals surface area contributed by atoms with Crippen molar-refractivity contribution in [2.75, 3.05) is 26.3 Å². The lowest BCUT2D eigenvalue weighted by Gasteiger charge is -2.11. The Hall–Kier alpha value is -3.31. The number of nitrogens with one attached hydrogen (secondary N) is 3. The van der Waals surface area contributed by atoms with Crippen LogP contribution in [0.3, 0.4) is 0 Å². The summed E-state index contributed by atoms with van der Waals surface area (Å²) in [4.78, 5) is 46.0. The molecule has 3 N–H and O–H groups in total. The van der Waals surface area contributed by atoms with Crippen LogP contribution in [0.1, 0.15) is 17.3 Å². The number of ether oxygens (including phenoxy) is 2. The molecule has 0 aliphatic heterocycles. The van der Waals surface area contributed by atoms with Gasteiger partial charge in [0.1, 0.15) is 18.8 Å². The van der Waals surface area contributed by atoms with Crippen LogP contribution < -0.4 is 20.7 Å². The van der Waals surface area contributed by atoms with Gasteiger partial charge in [0, 0.05) is 0 Å². The lowest BCUT2D eigenvalue weighted by Crippen LogP contribution is -2.45. The molecule has 0 radical (unpaired) electrons. The van der Waals surface area contributed by atoms with Gasteiger partial charge in [0.05, 0.1) is 12.2 Å². The number of alkyl halides is 3. The van der Waals surface area contributed by atoms with Crippen molar-refractivity contribution >= 4 is 23.8 Å². The van der Waals surface area contributed by atoms with Crippen LogP contribution in [0.15, 0.2) is 24.3 Å². The van der Waals surface area contributed by atoms with E-state index in [2.05, 4.69) is 10.1 Å². The van der Waals surface area contributed by atoms with Crippen molar-refractivity contribution in [1.82, 2.24) is 16.0 Å². The van der Waals surface area contributed by atoms with E-state index in [1.165, 1.54) is 11.4 Å². The molecule has 4 amide bonds. The predicted molar refractivity (Wildman–Crippen MR) is 88.5 cm³/mol. The standard InChI is InChI=1S/C16H18F3N3O6/c1-2-27-11-6-4-3-5-10(11)14(25)20-7-13(24)28-8-12(23)22-15(26)21-9-16(17,18)19/h3-6H,2,7-9H2,1H3,(H,20,25)(H2,21,22,23,26). The summed E-state index contributed by atoms with van der Waals surface area (Å²) in [5.74, 6) is -2.42. The van der Waals surface area contributed by atoms with Crippen molar-refractivity contribution in [3.8, 4) is 5.75 Å². The Labute approximate surface area is 157 Å². The second-order valence-corrected chi connectivity index (χ2v) is 5.12. The lowest BCUT2D eigenvalue weighted by atomic mass is 10.2. The van der Waals surface area contributed by atoms with E-state index in [4.69, 9.17) is 4.74 Å². The number of rotatable bonds is 8. The fourth-order valence-corrected chi connectivity index (χ4v) is 1.77. The highest BCUT2D eigenvalue weighted by atomic mass is 19.4. The first-order valence-electron chi connectivity index (χ1n) is 7.92. The molecule has 0 aliphatic rings. The van der Waals surface area contributed by atoms with Crippen LogP contribution in [0.25, 0.3) is 0 Å². The van der Waals surface area contributed by atoms with Crippen molar-refractivity contribution < 1.29 is 41.8 Å². The van der Waals surface area contributed by atoms with E-state index in [-0.39, 0.29) is 5.56 Å². The third kappa shape index (κ3) is 8.87. The van der Waals surface area contributed by atoms with Crippen molar-refractivity contribution in [2.45, 2.75) is 13.1 Å². The number of benzene rings is 1. The van der Waals surface area contributed by atoms with E-state index in [1.54, 1.807) is 30.4 Å². The Morgan fingerprint density at radius 3 is 2.39 bits per heavy atom. The molecule has 0 saturated carbocycles. The highest BCUT2D eigenvalue weighted by Gasteiger charge is 2.28. The van der Waals surface area contributed by atoms with Gasteiger partial charge >= 0.3 is 18.2 Å². The Balaban J connectivity index is 2.36. The number of halogens is 3. The van der Waals surface area contributed by atoms with Crippen LogP contribution in [0.2, 0.25) is 0 Å². The molecule has 0 spiro atoms. The number of amides is 4. The van der Waals surface area contributed by atoms with E-state index < -0.39 is 49.7 Å². The highest BCUT2D eigenvalue weighted by Crippen LogP contribution is 2.17. The maximum atomic E-state index is 12.1. The van der Waals surface area contributed by atoms with Crippen molar-refractivity contribution in [3.63, 3.8) is 0 Å². The number of imide groups is 1. The summed E-state index contributed by atoms with van der Waals surface area (Å²) < 4.78 is 45.5. The minimum atomic E-state index is -4.63. The minimum absolute atomic E-state index is 0.191. The Morgan fingerprint density at radius 2 is 1.75 bits per heavy atom. The quantitative estimate of drug-likeness (QED) is 0.549. The van der Waals surface area contributed by atoms with E-state index in [0.29, 0.717) is 12.4 Å². The third-order valence-corrected chi connectivity index (χ3v) is 2.89. The van der Waals surface area contributed by atoms with Gasteiger partial charge < -0.3 is 20.1 Å². The topological polar surface area (TPSA) is 123 Å². The van der Waals surface area contributed by atoms with Gasteiger partial charge in [-0.15, -0.1) is 0 Å². The van der Waals surface area contributed by atoms with Crippen molar-refractivity contribution in [2.24, 2.45) is 0 Å². The van der Waals surface area contributed by atoms with E-state index in [0.717, 1.165) is 0 Å². The van der Waals surface area contributed by atoms with Gasteiger partial charge in [-0.1, -0.05) is 12.1 Å². The largest absolute Gasteiger partial charge is 0.493 e. The smallest absolute Gasteiger partial charge is 0.405 e. The molecule has 0 atom stereocenters. The summed E-state index contributed by atoms with van der Waals surface area (Å²) in [7, 11) is 0. The summed E-state index contributed by atoms with van der Waals surface area (Å²) in [5.41, 5.74) is 0.191. The third-order valence-electron chi connectivity index (χ3n) is 2.89. The SMILES string of the molecule is CCOc1ccccc1C(=O)NCC(=O)OCC(=O)NC(=O)NCC(F)(F)F. The van der Waals surface area contributed by atoms with Crippen molar-refractivity contribution in [1.29, 1.82) is 0 Å². The number of para-hydroxylation sites is 1. The lowest BCUT2D eigenvalue weighted by molar-refractivity contribution is -0.147. The molecule has 1 rings (SSSR count). The number of urea groups is 1. The molecule has 28 heavy (non-hydrogen) atoms. The fraction of sp³-hybridized carbons (Fsp3) is 0.375. The fourth-order valence-electron chi connectivity index (χ4n) is 1.77. The number of carbonyl (C=O) groups excluding carboxylic acids is 4. The number of esters is 1. The molecule has 0 heterocycles. The van der Waals surface area contributed by atoms with Gasteiger partial charge in [-0.3, -0.25) is 19.7 Å². The molecule has 9 nitrogen and oxygen atoms in total. The molecule has 1 aromatic carbocycles. The first-order valence-corrected chi connectivity index (χ1v) is 7.92. The Bertz CT molecular complexity index is 724. The maximum Gasteiger partial charge on any atom is 0.405 e. The molecule has 0 unspecified atom stereocenters. The van der Waals surface area contributed by atoms with Gasteiger partial charge in [0.25, 0.3) is 11.8 Å². The highest BCUT2D eigenvalue weighted by molar-refractivity contribution is 5.99. The molecule has 0 fully saturated rings. The molecule has 0 aromatic heterocycles. The Kier molecular flexibility index (Phi) is 8.72. The summed E-state index contributed by atoms with van der Waals surface area (Å²) >= 11 is 0. The monoisotopic (exact) mass is 405 g/mol. The molecule has 154 valence electrons. The van der Waals surface area contributed by atoms with Crippen LogP contribution in [0.5, 0.6) is 5.75 Å². The molecule has 0 aliphatic carbocycles. The summed E-state index contributed by atoms with van der Waals surface area (Å²) in [6.45, 7) is -1.05. The molecular formula is C16H18F3N3O6. The van der Waals surface area contributed by atoms with Gasteiger partial charge in [0.15, 0.2) is 6.61 Å². The zero-order chi connectivity index (χ0) is 21.2. The Morgan fingerprint density at radius 1 is 1.07 bits per heavy atom. The summed E-state index contributed by atoms with van der Waals surface area (Å²) in [5, 5.41) is 5.23. The average Bonchev–Trinajstić information content (AvgIpc) is 2.63. The van der Waals surface area contributed by atoms with E-state index in [9.17, 15) is 32.3 Å². The van der Waals surface area contributed by atoms with Crippen LogP contribution >= 0.6 is 0 Å². The zero-order valence-corrected chi connectivity index (χ0v) is 14.7. The second kappa shape index (κ2) is 10.7. The predicted octanol–water partition coefficient (Wildman–Crippen LogP) is 0.746. The first kappa shape index (κ1) is 22.7. The maximum absolute atomic E-state index is 12.1. The summed E-state index contributed by atoms with van der Waals surface area (Å²) in [6, 6.07) is 4.94. The zero-order valence-electron chi connectivity index (χ0n) is 14.7. The summed E-state index contributed by atoms with van der Waals surface area (Å²) in [6.07, 6.45) is -4.63. The van der Waals surface area contributed by atoms with Crippen LogP contribution in [-0.4, -0.2) is 56.3 Å². The van der Waals surface area contributed by atoms with Gasteiger partial charge in [-0.2, -0.15) is 13.2 Å². The number of hydrogen-bond donors (Lipinski definition) is 3. The normalized spacial score (nSPS) is 10.6. The molecular weight excluding hydrogens is 387 g/mol. The number of hydrogen-bond acceptors (Lipinski definition) is 6. The number of carbonyl (C=O) groups is 4. The second-order valence-electron chi connectivity index (χ2n) is 5.12. The minimum Gasteiger partial charge on any atom is -0.493 e. The average molecular weight is 405 g/mol.